The summed E-state index contributed by atoms with van der Waals surface area (Å²) in [6, 6.07) is 14.9. The van der Waals surface area contributed by atoms with Gasteiger partial charge < -0.3 is 15.0 Å². The van der Waals surface area contributed by atoms with E-state index in [0.717, 1.165) is 22.4 Å². The zero-order valence-corrected chi connectivity index (χ0v) is 18.3. The number of hydrogen-bond donors (Lipinski definition) is 1. The molecule has 2 rings (SSSR count). The van der Waals surface area contributed by atoms with Gasteiger partial charge in [0.25, 0.3) is 0 Å². The number of carbonyl (C=O) groups is 2. The Kier molecular flexibility index (Phi) is 7.43. The van der Waals surface area contributed by atoms with E-state index in [1.165, 1.54) is 0 Å². The Hall–Kier alpha value is -2.82. The van der Waals surface area contributed by atoms with E-state index < -0.39 is 6.04 Å². The molecule has 0 saturated carbocycles. The van der Waals surface area contributed by atoms with Crippen molar-refractivity contribution in [1.82, 2.24) is 10.2 Å². The van der Waals surface area contributed by atoms with E-state index in [2.05, 4.69) is 5.32 Å². The van der Waals surface area contributed by atoms with Crippen LogP contribution in [0.15, 0.2) is 48.5 Å². The van der Waals surface area contributed by atoms with Crippen LogP contribution >= 0.6 is 0 Å². The zero-order chi connectivity index (χ0) is 21.6. The number of nitrogens with one attached hydrogen (secondary N) is 1. The van der Waals surface area contributed by atoms with Gasteiger partial charge in [-0.25, -0.2) is 0 Å². The lowest BCUT2D eigenvalue weighted by Gasteiger charge is -2.31. The van der Waals surface area contributed by atoms with Crippen LogP contribution in [-0.2, 0) is 22.6 Å². The third-order valence-corrected chi connectivity index (χ3v) is 4.65. The van der Waals surface area contributed by atoms with Gasteiger partial charge in [-0.1, -0.05) is 42.0 Å². The Labute approximate surface area is 174 Å². The predicted octanol–water partition coefficient (Wildman–Crippen LogP) is 3.88. The summed E-state index contributed by atoms with van der Waals surface area (Å²) in [7, 11) is 1.62. The lowest BCUT2D eigenvalue weighted by molar-refractivity contribution is -0.140. The Bertz CT molecular complexity index is 821. The zero-order valence-electron chi connectivity index (χ0n) is 18.3. The van der Waals surface area contributed by atoms with E-state index in [0.29, 0.717) is 6.54 Å². The van der Waals surface area contributed by atoms with Gasteiger partial charge in [0.1, 0.15) is 11.8 Å². The smallest absolute Gasteiger partial charge is 0.242 e. The molecule has 0 bridgehead atoms. The highest BCUT2D eigenvalue weighted by molar-refractivity contribution is 5.88. The van der Waals surface area contributed by atoms with Gasteiger partial charge in [0.05, 0.1) is 13.5 Å². The van der Waals surface area contributed by atoms with Crippen molar-refractivity contribution in [2.75, 3.05) is 7.11 Å². The van der Waals surface area contributed by atoms with Crippen molar-refractivity contribution in [3.8, 4) is 5.75 Å². The van der Waals surface area contributed by atoms with E-state index in [1.807, 2.05) is 76.2 Å². The van der Waals surface area contributed by atoms with Crippen molar-refractivity contribution in [2.24, 2.45) is 0 Å². The van der Waals surface area contributed by atoms with Crippen LogP contribution in [0.2, 0.25) is 0 Å². The molecule has 0 radical (unpaired) electrons. The van der Waals surface area contributed by atoms with Gasteiger partial charge in [0.15, 0.2) is 0 Å². The summed E-state index contributed by atoms with van der Waals surface area (Å²) in [4.78, 5) is 27.6. The molecule has 0 aliphatic heterocycles. The van der Waals surface area contributed by atoms with Crippen LogP contribution < -0.4 is 10.1 Å². The number of hydrogen-bond acceptors (Lipinski definition) is 3. The topological polar surface area (TPSA) is 58.6 Å². The molecule has 29 heavy (non-hydrogen) atoms. The normalized spacial score (nSPS) is 12.2. The Morgan fingerprint density at radius 3 is 2.07 bits per heavy atom. The Morgan fingerprint density at radius 1 is 1.00 bits per heavy atom. The van der Waals surface area contributed by atoms with E-state index in [-0.39, 0.29) is 23.8 Å². The lowest BCUT2D eigenvalue weighted by Crippen LogP contribution is -2.52. The molecule has 0 unspecified atom stereocenters. The number of rotatable bonds is 7. The molecule has 2 aromatic carbocycles. The molecule has 0 spiro atoms. The number of methoxy groups -OCH3 is 1. The first-order valence-electron chi connectivity index (χ1n) is 9.89. The van der Waals surface area contributed by atoms with Crippen molar-refractivity contribution >= 4 is 11.8 Å². The standard InChI is InChI=1S/C24H32N2O3/c1-17-7-9-19(10-8-17)15-22(27)26(18(2)23(28)25-24(3,4)5)16-20-11-13-21(29-6)14-12-20/h7-14,18H,15-16H2,1-6H3,(H,25,28)/t18-/m0/s1. The summed E-state index contributed by atoms with van der Waals surface area (Å²) in [5.74, 6) is 0.509. The highest BCUT2D eigenvalue weighted by Crippen LogP contribution is 2.17. The highest BCUT2D eigenvalue weighted by Gasteiger charge is 2.28. The fourth-order valence-corrected chi connectivity index (χ4v) is 2.97. The van der Waals surface area contributed by atoms with Crippen molar-refractivity contribution in [1.29, 1.82) is 0 Å². The van der Waals surface area contributed by atoms with Crippen molar-refractivity contribution in [2.45, 2.75) is 59.2 Å². The second-order valence-electron chi connectivity index (χ2n) is 8.45. The Morgan fingerprint density at radius 2 is 1.55 bits per heavy atom. The molecular formula is C24H32N2O3. The van der Waals surface area contributed by atoms with Crippen molar-refractivity contribution in [3.63, 3.8) is 0 Å². The van der Waals surface area contributed by atoms with Crippen LogP contribution in [0, 0.1) is 6.92 Å². The van der Waals surface area contributed by atoms with Crippen molar-refractivity contribution in [3.05, 3.63) is 65.2 Å². The van der Waals surface area contributed by atoms with Crippen LogP contribution in [-0.4, -0.2) is 35.4 Å². The molecule has 5 nitrogen and oxygen atoms in total. The summed E-state index contributed by atoms with van der Waals surface area (Å²) >= 11 is 0. The largest absolute Gasteiger partial charge is 0.497 e. The maximum Gasteiger partial charge on any atom is 0.242 e. The fraction of sp³-hybridized carbons (Fsp3) is 0.417. The number of ether oxygens (including phenoxy) is 1. The number of aryl methyl sites for hydroxylation is 1. The van der Waals surface area contributed by atoms with Gasteiger partial charge in [-0.2, -0.15) is 0 Å². The van der Waals surface area contributed by atoms with Gasteiger partial charge in [-0.05, 0) is 57.9 Å². The maximum absolute atomic E-state index is 13.2. The van der Waals surface area contributed by atoms with Gasteiger partial charge >= 0.3 is 0 Å². The Balaban J connectivity index is 2.23. The first-order chi connectivity index (χ1) is 13.6. The quantitative estimate of drug-likeness (QED) is 0.773. The molecule has 0 heterocycles. The molecule has 0 aromatic heterocycles. The third-order valence-electron chi connectivity index (χ3n) is 4.65. The number of amides is 2. The first-order valence-corrected chi connectivity index (χ1v) is 9.89. The van der Waals surface area contributed by atoms with Gasteiger partial charge in [-0.15, -0.1) is 0 Å². The minimum Gasteiger partial charge on any atom is -0.497 e. The molecule has 5 heteroatoms. The summed E-state index contributed by atoms with van der Waals surface area (Å²) in [5, 5.41) is 2.98. The molecule has 0 aliphatic carbocycles. The molecule has 156 valence electrons. The van der Waals surface area contributed by atoms with Crippen molar-refractivity contribution < 1.29 is 14.3 Å². The van der Waals surface area contributed by atoms with E-state index in [4.69, 9.17) is 4.74 Å². The molecule has 0 fully saturated rings. The fourth-order valence-electron chi connectivity index (χ4n) is 2.97. The molecule has 2 amide bonds. The van der Waals surface area contributed by atoms with Crippen LogP contribution in [0.4, 0.5) is 0 Å². The number of nitrogens with zero attached hydrogens (tertiary/aromatic N) is 1. The van der Waals surface area contributed by atoms with Crippen LogP contribution in [0.3, 0.4) is 0 Å². The summed E-state index contributed by atoms with van der Waals surface area (Å²) < 4.78 is 5.21. The number of carbonyl (C=O) groups excluding carboxylic acids is 2. The van der Waals surface area contributed by atoms with Gasteiger partial charge in [0, 0.05) is 12.1 Å². The van der Waals surface area contributed by atoms with E-state index >= 15 is 0 Å². The predicted molar refractivity (Wildman–Crippen MR) is 116 cm³/mol. The maximum atomic E-state index is 13.2. The first kappa shape index (κ1) is 22.5. The average molecular weight is 397 g/mol. The summed E-state index contributed by atoms with van der Waals surface area (Å²) in [6.07, 6.45) is 0.254. The number of benzene rings is 2. The van der Waals surface area contributed by atoms with E-state index in [1.54, 1.807) is 18.9 Å². The van der Waals surface area contributed by atoms with Gasteiger partial charge in [0.2, 0.25) is 11.8 Å². The van der Waals surface area contributed by atoms with Crippen LogP contribution in [0.5, 0.6) is 5.75 Å². The lowest BCUT2D eigenvalue weighted by atomic mass is 10.1. The molecule has 2 aromatic rings. The minimum atomic E-state index is -0.589. The average Bonchev–Trinajstić information content (AvgIpc) is 2.66. The summed E-state index contributed by atoms with van der Waals surface area (Å²) in [5.41, 5.74) is 2.66. The molecule has 0 saturated heterocycles. The van der Waals surface area contributed by atoms with Crippen LogP contribution in [0.1, 0.15) is 44.4 Å². The van der Waals surface area contributed by atoms with Crippen LogP contribution in [0.25, 0.3) is 0 Å². The minimum absolute atomic E-state index is 0.0822. The SMILES string of the molecule is COc1ccc(CN(C(=O)Cc2ccc(C)cc2)[C@@H](C)C(=O)NC(C)(C)C)cc1. The highest BCUT2D eigenvalue weighted by atomic mass is 16.5. The third kappa shape index (κ3) is 6.93. The monoisotopic (exact) mass is 396 g/mol. The molecule has 1 atom stereocenters. The second kappa shape index (κ2) is 9.59. The molecule has 0 aliphatic rings. The van der Waals surface area contributed by atoms with E-state index in [9.17, 15) is 9.59 Å². The molecular weight excluding hydrogens is 364 g/mol. The summed E-state index contributed by atoms with van der Waals surface area (Å²) in [6.45, 7) is 9.93. The van der Waals surface area contributed by atoms with Gasteiger partial charge in [-0.3, -0.25) is 9.59 Å². The second-order valence-corrected chi connectivity index (χ2v) is 8.45. The molecule has 1 N–H and O–H groups in total.